The molecular formula is C16H21NO. The maximum atomic E-state index is 12.2. The Bertz CT molecular complexity index is 425. The van der Waals surface area contributed by atoms with Crippen LogP contribution in [0.25, 0.3) is 0 Å². The summed E-state index contributed by atoms with van der Waals surface area (Å²) in [6, 6.07) is 8.13. The fourth-order valence-corrected chi connectivity index (χ4v) is 2.51. The van der Waals surface area contributed by atoms with E-state index in [9.17, 15) is 4.79 Å². The molecule has 18 heavy (non-hydrogen) atoms. The molecule has 1 aliphatic heterocycles. The quantitative estimate of drug-likeness (QED) is 0.581. The maximum absolute atomic E-state index is 12.2. The van der Waals surface area contributed by atoms with Gasteiger partial charge in [-0.15, -0.1) is 6.58 Å². The summed E-state index contributed by atoms with van der Waals surface area (Å²) >= 11 is 0. The Balaban J connectivity index is 1.82. The number of carbonyl (C=O) groups excluding carboxylic acids is 1. The number of ketones is 1. The highest BCUT2D eigenvalue weighted by Gasteiger charge is 2.27. The Morgan fingerprint density at radius 1 is 1.33 bits per heavy atom. The van der Waals surface area contributed by atoms with Gasteiger partial charge in [0.2, 0.25) is 0 Å². The molecule has 0 aromatic heterocycles. The number of anilines is 1. The molecule has 1 aliphatic rings. The largest absolute Gasteiger partial charge is 0.384 e. The van der Waals surface area contributed by atoms with Gasteiger partial charge in [-0.2, -0.15) is 0 Å². The Morgan fingerprint density at radius 2 is 2.17 bits per heavy atom. The van der Waals surface area contributed by atoms with Gasteiger partial charge in [0, 0.05) is 18.7 Å². The van der Waals surface area contributed by atoms with Crippen LogP contribution in [-0.4, -0.2) is 12.3 Å². The molecule has 2 rings (SSSR count). The lowest BCUT2D eigenvalue weighted by Gasteiger charge is -2.08. The molecule has 1 N–H and O–H groups in total. The molecule has 1 aromatic carbocycles. The number of unbranched alkanes of at least 4 members (excludes halogenated alkanes) is 3. The normalized spacial score (nSPS) is 17.0. The second kappa shape index (κ2) is 6.39. The highest BCUT2D eigenvalue weighted by atomic mass is 16.1. The minimum atomic E-state index is 0.0700. The standard InChI is InChI=1S/C16H21NO/c1-2-3-4-5-6-11-16(18)14-12-17-15-10-8-7-9-13(14)15/h2,7-10,14,17H,1,3-6,11-12H2. The van der Waals surface area contributed by atoms with E-state index >= 15 is 0 Å². The van der Waals surface area contributed by atoms with Gasteiger partial charge in [0.05, 0.1) is 5.92 Å². The minimum absolute atomic E-state index is 0.0700. The van der Waals surface area contributed by atoms with Gasteiger partial charge in [0.25, 0.3) is 0 Å². The number of para-hydroxylation sites is 1. The number of nitrogens with one attached hydrogen (secondary N) is 1. The summed E-state index contributed by atoms with van der Waals surface area (Å²) in [5, 5.41) is 3.31. The average molecular weight is 243 g/mol. The van der Waals surface area contributed by atoms with Gasteiger partial charge < -0.3 is 5.32 Å². The lowest BCUT2D eigenvalue weighted by atomic mass is 9.93. The zero-order valence-electron chi connectivity index (χ0n) is 10.8. The highest BCUT2D eigenvalue weighted by Crippen LogP contribution is 2.32. The predicted octanol–water partition coefficient (Wildman–Crippen LogP) is 3.90. The van der Waals surface area contributed by atoms with E-state index in [1.165, 1.54) is 5.56 Å². The molecule has 0 radical (unpaired) electrons. The molecule has 1 aromatic rings. The molecule has 0 spiro atoms. The Kier molecular flexibility index (Phi) is 4.57. The summed E-state index contributed by atoms with van der Waals surface area (Å²) < 4.78 is 0. The van der Waals surface area contributed by atoms with E-state index in [2.05, 4.69) is 18.0 Å². The SMILES string of the molecule is C=CCCCCCC(=O)C1CNc2ccccc21. The van der Waals surface area contributed by atoms with Crippen molar-refractivity contribution in [1.29, 1.82) is 0 Å². The van der Waals surface area contributed by atoms with Crippen molar-refractivity contribution in [2.75, 3.05) is 11.9 Å². The number of hydrogen-bond donors (Lipinski definition) is 1. The monoisotopic (exact) mass is 243 g/mol. The summed E-state index contributed by atoms with van der Waals surface area (Å²) in [7, 11) is 0. The van der Waals surface area contributed by atoms with Crippen LogP contribution in [0, 0.1) is 0 Å². The van der Waals surface area contributed by atoms with E-state index in [0.29, 0.717) is 12.2 Å². The Morgan fingerprint density at radius 3 is 3.00 bits per heavy atom. The first-order valence-electron chi connectivity index (χ1n) is 6.79. The third-order valence-electron chi connectivity index (χ3n) is 3.55. The number of Topliss-reactive ketones (excluding diaryl/α,β-unsaturated/α-hetero) is 1. The smallest absolute Gasteiger partial charge is 0.142 e. The number of rotatable bonds is 7. The number of benzene rings is 1. The first-order valence-corrected chi connectivity index (χ1v) is 6.79. The average Bonchev–Trinajstić information content (AvgIpc) is 2.82. The first kappa shape index (κ1) is 12.9. The van der Waals surface area contributed by atoms with E-state index in [4.69, 9.17) is 0 Å². The number of carbonyl (C=O) groups is 1. The molecule has 1 unspecified atom stereocenters. The topological polar surface area (TPSA) is 29.1 Å². The molecule has 96 valence electrons. The van der Waals surface area contributed by atoms with Crippen molar-refractivity contribution in [2.24, 2.45) is 0 Å². The molecule has 2 nitrogen and oxygen atoms in total. The molecule has 0 saturated heterocycles. The highest BCUT2D eigenvalue weighted by molar-refractivity contribution is 5.89. The van der Waals surface area contributed by atoms with E-state index < -0.39 is 0 Å². The molecular weight excluding hydrogens is 222 g/mol. The third-order valence-corrected chi connectivity index (χ3v) is 3.55. The summed E-state index contributed by atoms with van der Waals surface area (Å²) in [6.07, 6.45) is 6.99. The van der Waals surface area contributed by atoms with Crippen molar-refractivity contribution in [3.63, 3.8) is 0 Å². The summed E-state index contributed by atoms with van der Waals surface area (Å²) in [6.45, 7) is 4.47. The van der Waals surface area contributed by atoms with Crippen LogP contribution in [0.3, 0.4) is 0 Å². The van der Waals surface area contributed by atoms with E-state index in [-0.39, 0.29) is 5.92 Å². The molecule has 0 fully saturated rings. The second-order valence-electron chi connectivity index (χ2n) is 4.88. The van der Waals surface area contributed by atoms with E-state index in [0.717, 1.165) is 37.9 Å². The van der Waals surface area contributed by atoms with Crippen LogP contribution < -0.4 is 5.32 Å². The number of allylic oxidation sites excluding steroid dienone is 1. The van der Waals surface area contributed by atoms with Crippen molar-refractivity contribution >= 4 is 11.5 Å². The van der Waals surface area contributed by atoms with Gasteiger partial charge in [-0.1, -0.05) is 30.7 Å². The molecule has 0 bridgehead atoms. The first-order chi connectivity index (χ1) is 8.83. The van der Waals surface area contributed by atoms with Crippen LogP contribution in [0.2, 0.25) is 0 Å². The van der Waals surface area contributed by atoms with E-state index in [1.54, 1.807) is 0 Å². The molecule has 1 heterocycles. The van der Waals surface area contributed by atoms with Crippen LogP contribution in [0.1, 0.15) is 43.6 Å². The van der Waals surface area contributed by atoms with Crippen LogP contribution in [0.15, 0.2) is 36.9 Å². The molecule has 0 saturated carbocycles. The minimum Gasteiger partial charge on any atom is -0.384 e. The fourth-order valence-electron chi connectivity index (χ4n) is 2.51. The predicted molar refractivity (Wildman–Crippen MR) is 76.0 cm³/mol. The van der Waals surface area contributed by atoms with Gasteiger partial charge in [-0.05, 0) is 30.9 Å². The lowest BCUT2D eigenvalue weighted by Crippen LogP contribution is -2.14. The fraction of sp³-hybridized carbons (Fsp3) is 0.438. The molecule has 0 aliphatic carbocycles. The van der Waals surface area contributed by atoms with E-state index in [1.807, 2.05) is 24.3 Å². The van der Waals surface area contributed by atoms with Crippen molar-refractivity contribution in [3.05, 3.63) is 42.5 Å². The summed E-state index contributed by atoms with van der Waals surface area (Å²) in [5.74, 6) is 0.451. The molecule has 0 amide bonds. The number of fused-ring (bicyclic) bond motifs is 1. The Hall–Kier alpha value is -1.57. The van der Waals surface area contributed by atoms with Crippen molar-refractivity contribution < 1.29 is 4.79 Å². The summed E-state index contributed by atoms with van der Waals surface area (Å²) in [4.78, 5) is 12.2. The number of hydrogen-bond acceptors (Lipinski definition) is 2. The maximum Gasteiger partial charge on any atom is 0.142 e. The molecule has 1 atom stereocenters. The van der Waals surface area contributed by atoms with Gasteiger partial charge >= 0.3 is 0 Å². The van der Waals surface area contributed by atoms with Crippen molar-refractivity contribution in [3.8, 4) is 0 Å². The van der Waals surface area contributed by atoms with Gasteiger partial charge in [-0.25, -0.2) is 0 Å². The third kappa shape index (κ3) is 3.00. The zero-order chi connectivity index (χ0) is 12.8. The van der Waals surface area contributed by atoms with Crippen LogP contribution in [0.4, 0.5) is 5.69 Å². The lowest BCUT2D eigenvalue weighted by molar-refractivity contribution is -0.120. The second-order valence-corrected chi connectivity index (χ2v) is 4.88. The van der Waals surface area contributed by atoms with Gasteiger partial charge in [0.15, 0.2) is 0 Å². The zero-order valence-corrected chi connectivity index (χ0v) is 10.8. The molecule has 2 heteroatoms. The summed E-state index contributed by atoms with van der Waals surface area (Å²) in [5.41, 5.74) is 2.30. The van der Waals surface area contributed by atoms with Crippen molar-refractivity contribution in [2.45, 2.75) is 38.0 Å². The van der Waals surface area contributed by atoms with Gasteiger partial charge in [-0.3, -0.25) is 4.79 Å². The van der Waals surface area contributed by atoms with Crippen LogP contribution in [0.5, 0.6) is 0 Å². The van der Waals surface area contributed by atoms with Crippen LogP contribution >= 0.6 is 0 Å². The van der Waals surface area contributed by atoms with Gasteiger partial charge in [0.1, 0.15) is 5.78 Å². The van der Waals surface area contributed by atoms with Crippen molar-refractivity contribution in [1.82, 2.24) is 0 Å². The Labute approximate surface area is 109 Å². The van der Waals surface area contributed by atoms with Crippen LogP contribution in [-0.2, 0) is 4.79 Å².